The van der Waals surface area contributed by atoms with Crippen LogP contribution in [0.1, 0.15) is 82.2 Å². The standard InChI is InChI=1S/C26H33Cl2FN2O6/c1-15-18-20(25(35)37-23(18)30)19(22(32)26(27,28)29)17(21(15)36-2)10-6-3-5-9-16(24(33)34)11-14-31-12-7-4-8-13-31/h3,5,16,23H,4,6-14,30H2,1-2H3,(H,33,34)/b5-3+. The molecule has 0 bridgehead atoms. The lowest BCUT2D eigenvalue weighted by Gasteiger charge is -2.27. The molecule has 1 aromatic carbocycles. The topological polar surface area (TPSA) is 119 Å². The lowest BCUT2D eigenvalue weighted by atomic mass is 9.87. The maximum absolute atomic E-state index is 14.4. The highest BCUT2D eigenvalue weighted by Gasteiger charge is 2.44. The molecular formula is C26H33Cl2FN2O6. The van der Waals surface area contributed by atoms with E-state index in [0.717, 1.165) is 32.5 Å². The number of piperidine rings is 1. The number of likely N-dealkylation sites (tertiary alicyclic amines) is 1. The summed E-state index contributed by atoms with van der Waals surface area (Å²) >= 11 is 11.0. The zero-order valence-electron chi connectivity index (χ0n) is 21.0. The molecule has 3 N–H and O–H groups in total. The Labute approximate surface area is 225 Å². The van der Waals surface area contributed by atoms with Gasteiger partial charge in [-0.2, -0.15) is 4.39 Å². The third-order valence-electron chi connectivity index (χ3n) is 6.99. The maximum atomic E-state index is 14.4. The molecule has 204 valence electrons. The van der Waals surface area contributed by atoms with Crippen molar-refractivity contribution in [1.82, 2.24) is 4.90 Å². The number of aliphatic carboxylic acids is 1. The van der Waals surface area contributed by atoms with E-state index >= 15 is 0 Å². The van der Waals surface area contributed by atoms with E-state index in [1.54, 1.807) is 19.1 Å². The Hall–Kier alpha value is -2.20. The molecule has 0 radical (unpaired) electrons. The van der Waals surface area contributed by atoms with Gasteiger partial charge in [-0.25, -0.2) is 4.79 Å². The van der Waals surface area contributed by atoms with Gasteiger partial charge >= 0.3 is 16.5 Å². The minimum Gasteiger partial charge on any atom is -0.496 e. The van der Waals surface area contributed by atoms with Gasteiger partial charge in [0.1, 0.15) is 5.75 Å². The average molecular weight is 559 g/mol. The highest BCUT2D eigenvalue weighted by molar-refractivity contribution is 6.58. The fourth-order valence-corrected chi connectivity index (χ4v) is 5.30. The van der Waals surface area contributed by atoms with E-state index in [9.17, 15) is 23.9 Å². The summed E-state index contributed by atoms with van der Waals surface area (Å²) in [6.45, 7) is 4.43. The van der Waals surface area contributed by atoms with E-state index in [1.807, 2.05) is 0 Å². The minimum atomic E-state index is -3.28. The summed E-state index contributed by atoms with van der Waals surface area (Å²) in [5.41, 5.74) is 6.40. The van der Waals surface area contributed by atoms with Crippen LogP contribution >= 0.6 is 23.2 Å². The number of benzene rings is 1. The first kappa shape index (κ1) is 29.4. The Balaban J connectivity index is 1.79. The molecule has 11 heteroatoms. The molecule has 0 aliphatic carbocycles. The van der Waals surface area contributed by atoms with Crippen LogP contribution in [0.3, 0.4) is 0 Å². The van der Waals surface area contributed by atoms with Crippen molar-refractivity contribution in [3.8, 4) is 5.75 Å². The molecule has 0 spiro atoms. The number of Topliss-reactive ketones (excluding diaryl/α,β-unsaturated/α-hetero) is 1. The van der Waals surface area contributed by atoms with E-state index in [4.69, 9.17) is 38.4 Å². The lowest BCUT2D eigenvalue weighted by Crippen LogP contribution is -2.32. The quantitative estimate of drug-likeness (QED) is 0.161. The van der Waals surface area contributed by atoms with Crippen molar-refractivity contribution in [2.75, 3.05) is 26.7 Å². The molecule has 8 nitrogen and oxygen atoms in total. The van der Waals surface area contributed by atoms with Gasteiger partial charge in [0.25, 0.3) is 0 Å². The number of hydrogen-bond donors (Lipinski definition) is 2. The zero-order valence-corrected chi connectivity index (χ0v) is 22.5. The second-order valence-electron chi connectivity index (χ2n) is 9.43. The summed E-state index contributed by atoms with van der Waals surface area (Å²) in [5.74, 6) is -3.28. The predicted molar refractivity (Wildman–Crippen MR) is 138 cm³/mol. The van der Waals surface area contributed by atoms with Crippen LogP contribution in [0.25, 0.3) is 0 Å². The Bertz CT molecular complexity index is 1070. The lowest BCUT2D eigenvalue weighted by molar-refractivity contribution is -0.142. The normalized spacial score (nSPS) is 19.1. The van der Waals surface area contributed by atoms with Crippen molar-refractivity contribution in [2.24, 2.45) is 11.7 Å². The number of nitrogens with two attached hydrogens (primary N) is 1. The van der Waals surface area contributed by atoms with Crippen molar-refractivity contribution < 1.29 is 33.4 Å². The number of nitrogens with zero attached hydrogens (tertiary/aromatic N) is 1. The van der Waals surface area contributed by atoms with Crippen LogP contribution in [0, 0.1) is 12.8 Å². The summed E-state index contributed by atoms with van der Waals surface area (Å²) in [5, 5.41) is 9.62. The van der Waals surface area contributed by atoms with E-state index < -0.39 is 34.5 Å². The third-order valence-corrected chi connectivity index (χ3v) is 7.33. The first-order valence-corrected chi connectivity index (χ1v) is 13.1. The van der Waals surface area contributed by atoms with Crippen LogP contribution in [0.15, 0.2) is 12.2 Å². The number of fused-ring (bicyclic) bond motifs is 1. The Kier molecular flexibility index (Phi) is 9.97. The van der Waals surface area contributed by atoms with Crippen LogP contribution in [-0.4, -0.2) is 59.1 Å². The van der Waals surface area contributed by atoms with Gasteiger partial charge in [-0.1, -0.05) is 41.8 Å². The van der Waals surface area contributed by atoms with Gasteiger partial charge in [-0.05, 0) is 65.1 Å². The molecule has 2 aliphatic heterocycles. The van der Waals surface area contributed by atoms with E-state index in [-0.39, 0.29) is 34.4 Å². The Morgan fingerprint density at radius 1 is 1.30 bits per heavy atom. The number of carbonyl (C=O) groups is 3. The number of halogens is 3. The zero-order chi connectivity index (χ0) is 27.3. The molecule has 37 heavy (non-hydrogen) atoms. The van der Waals surface area contributed by atoms with Crippen LogP contribution in [0.5, 0.6) is 5.75 Å². The number of ketones is 1. The highest BCUT2D eigenvalue weighted by Crippen LogP contribution is 2.44. The minimum absolute atomic E-state index is 0.165. The van der Waals surface area contributed by atoms with E-state index in [2.05, 4.69) is 4.90 Å². The molecule has 3 rings (SSSR count). The second-order valence-corrected chi connectivity index (χ2v) is 10.7. The molecule has 2 atom stereocenters. The molecular weight excluding hydrogens is 526 g/mol. The SMILES string of the molecule is COc1c(C)c2c(c(C(=O)C(F)(Cl)Cl)c1CC/C=C/CC(CCN1CCCCC1)C(=O)O)C(=O)OC2N. The fourth-order valence-electron chi connectivity index (χ4n) is 5.11. The number of methoxy groups -OCH3 is 1. The Morgan fingerprint density at radius 2 is 1.97 bits per heavy atom. The molecule has 1 aromatic rings. The molecule has 0 amide bonds. The first-order valence-electron chi connectivity index (χ1n) is 12.4. The van der Waals surface area contributed by atoms with Crippen LogP contribution in [-0.2, 0) is 16.0 Å². The molecule has 0 saturated carbocycles. The number of rotatable bonds is 12. The third kappa shape index (κ3) is 6.82. The number of hydrogen-bond acceptors (Lipinski definition) is 7. The van der Waals surface area contributed by atoms with Gasteiger partial charge in [0, 0.05) is 22.3 Å². The van der Waals surface area contributed by atoms with Gasteiger partial charge in [0.2, 0.25) is 5.78 Å². The van der Waals surface area contributed by atoms with Gasteiger partial charge in [0.15, 0.2) is 6.23 Å². The predicted octanol–water partition coefficient (Wildman–Crippen LogP) is 4.87. The fraction of sp³-hybridized carbons (Fsp3) is 0.577. The number of carbonyl (C=O) groups excluding carboxylic acids is 2. The van der Waals surface area contributed by atoms with Crippen LogP contribution in [0.4, 0.5) is 4.39 Å². The number of carboxylic acid groups (broad SMARTS) is 1. The molecule has 2 aliphatic rings. The maximum Gasteiger partial charge on any atom is 0.341 e. The van der Waals surface area contributed by atoms with Crippen molar-refractivity contribution in [3.05, 3.63) is 40.0 Å². The summed E-state index contributed by atoms with van der Waals surface area (Å²) in [4.78, 5) is 39.5. The van der Waals surface area contributed by atoms with Crippen LogP contribution in [0.2, 0.25) is 0 Å². The number of alkyl halides is 3. The molecule has 0 aromatic heterocycles. The molecule has 1 saturated heterocycles. The van der Waals surface area contributed by atoms with Crippen molar-refractivity contribution >= 4 is 40.9 Å². The number of carboxylic acids is 1. The highest BCUT2D eigenvalue weighted by atomic mass is 35.5. The largest absolute Gasteiger partial charge is 0.496 e. The smallest absolute Gasteiger partial charge is 0.341 e. The van der Waals surface area contributed by atoms with E-state index in [1.165, 1.54) is 13.5 Å². The van der Waals surface area contributed by atoms with Gasteiger partial charge in [0.05, 0.1) is 18.6 Å². The summed E-state index contributed by atoms with van der Waals surface area (Å²) < 4.78 is 21.7. The van der Waals surface area contributed by atoms with Crippen molar-refractivity contribution in [3.63, 3.8) is 0 Å². The van der Waals surface area contributed by atoms with Crippen molar-refractivity contribution in [2.45, 2.75) is 62.7 Å². The number of esters is 1. The monoisotopic (exact) mass is 558 g/mol. The molecule has 2 unspecified atom stereocenters. The summed E-state index contributed by atoms with van der Waals surface area (Å²) in [7, 11) is 1.38. The molecule has 2 heterocycles. The summed E-state index contributed by atoms with van der Waals surface area (Å²) in [6.07, 6.45) is 7.40. The van der Waals surface area contributed by atoms with Gasteiger partial charge in [-0.3, -0.25) is 15.3 Å². The Morgan fingerprint density at radius 3 is 2.57 bits per heavy atom. The average Bonchev–Trinajstić information content (AvgIpc) is 3.14. The molecule has 1 fully saturated rings. The number of cyclic esters (lactones) is 1. The number of allylic oxidation sites excluding steroid dienone is 2. The first-order chi connectivity index (χ1) is 17.5. The summed E-state index contributed by atoms with van der Waals surface area (Å²) in [6, 6.07) is 0. The van der Waals surface area contributed by atoms with Gasteiger partial charge in [-0.15, -0.1) is 0 Å². The van der Waals surface area contributed by atoms with Crippen molar-refractivity contribution in [1.29, 1.82) is 0 Å². The van der Waals surface area contributed by atoms with Gasteiger partial charge < -0.3 is 19.5 Å². The van der Waals surface area contributed by atoms with Crippen LogP contribution < -0.4 is 10.5 Å². The second kappa shape index (κ2) is 12.6. The number of ether oxygens (including phenoxy) is 2. The van der Waals surface area contributed by atoms with E-state index in [0.29, 0.717) is 24.8 Å².